The van der Waals surface area contributed by atoms with E-state index in [0.717, 1.165) is 28.8 Å². The number of sulfonamides is 1. The quantitative estimate of drug-likeness (QED) is 0.467. The molecule has 1 saturated heterocycles. The van der Waals surface area contributed by atoms with Crippen molar-refractivity contribution in [2.24, 2.45) is 0 Å². The molecule has 2 atom stereocenters. The van der Waals surface area contributed by atoms with Crippen LogP contribution < -0.4 is 4.74 Å². The molecule has 0 spiro atoms. The summed E-state index contributed by atoms with van der Waals surface area (Å²) < 4.78 is 72.9. The van der Waals surface area contributed by atoms with Crippen LogP contribution in [-0.2, 0) is 16.2 Å². The maximum atomic E-state index is 13.5. The van der Waals surface area contributed by atoms with Gasteiger partial charge in [-0.1, -0.05) is 30.3 Å². The molecule has 172 valence electrons. The summed E-state index contributed by atoms with van der Waals surface area (Å²) in [6.07, 6.45) is -3.03. The fourth-order valence-corrected chi connectivity index (χ4v) is 6.68. The standard InChI is InChI=1S/C25H22F3NO3S/c1-32-19-9-11-20(12-10-19)33(30,31)29-14-13-17-15-23(29)24-21(3-2-4-22(17)24)16-5-7-18(8-6-16)25(26,27)28/h2-12,17,23H,13-15H2,1H3. The lowest BCUT2D eigenvalue weighted by Gasteiger charge is -2.33. The Balaban J connectivity index is 1.56. The molecule has 8 heteroatoms. The Bertz CT molecular complexity index is 1290. The highest BCUT2D eigenvalue weighted by atomic mass is 32.2. The fraction of sp³-hybridized carbons (Fsp3) is 0.280. The van der Waals surface area contributed by atoms with Gasteiger partial charge in [0.15, 0.2) is 0 Å². The van der Waals surface area contributed by atoms with Crippen molar-refractivity contribution in [2.75, 3.05) is 13.7 Å². The molecule has 2 bridgehead atoms. The third-order valence-corrected chi connectivity index (χ3v) is 8.58. The van der Waals surface area contributed by atoms with Crippen LogP contribution in [0.25, 0.3) is 11.1 Å². The van der Waals surface area contributed by atoms with E-state index in [0.29, 0.717) is 30.7 Å². The molecule has 0 aromatic heterocycles. The van der Waals surface area contributed by atoms with Crippen LogP contribution in [0.5, 0.6) is 5.75 Å². The third-order valence-electron chi connectivity index (χ3n) is 6.66. The second-order valence-corrected chi connectivity index (χ2v) is 10.3. The lowest BCUT2D eigenvalue weighted by molar-refractivity contribution is -0.137. The van der Waals surface area contributed by atoms with Gasteiger partial charge in [0.1, 0.15) is 5.75 Å². The van der Waals surface area contributed by atoms with E-state index in [1.54, 1.807) is 16.4 Å². The summed E-state index contributed by atoms with van der Waals surface area (Å²) in [6.45, 7) is 0.394. The minimum atomic E-state index is -4.41. The van der Waals surface area contributed by atoms with Gasteiger partial charge in [-0.05, 0) is 77.4 Å². The van der Waals surface area contributed by atoms with Gasteiger partial charge in [-0.15, -0.1) is 0 Å². The van der Waals surface area contributed by atoms with E-state index in [1.165, 1.54) is 31.4 Å². The van der Waals surface area contributed by atoms with Crippen molar-refractivity contribution >= 4 is 10.0 Å². The Morgan fingerprint density at radius 2 is 1.67 bits per heavy atom. The second-order valence-electron chi connectivity index (χ2n) is 8.41. The molecule has 2 unspecified atom stereocenters. The minimum absolute atomic E-state index is 0.196. The Labute approximate surface area is 190 Å². The summed E-state index contributed by atoms with van der Waals surface area (Å²) in [5.41, 5.74) is 2.71. The van der Waals surface area contributed by atoms with Crippen LogP contribution in [-0.4, -0.2) is 26.4 Å². The number of fused-ring (bicyclic) bond motifs is 5. The highest BCUT2D eigenvalue weighted by Crippen LogP contribution is 2.53. The van der Waals surface area contributed by atoms with Gasteiger partial charge >= 0.3 is 6.18 Å². The van der Waals surface area contributed by atoms with Crippen molar-refractivity contribution in [1.29, 1.82) is 0 Å². The maximum Gasteiger partial charge on any atom is 0.416 e. The van der Waals surface area contributed by atoms with Crippen molar-refractivity contribution in [2.45, 2.75) is 35.9 Å². The SMILES string of the molecule is COc1ccc(S(=O)(=O)N2CCC3CC2c2c(-c4ccc(C(F)(F)F)cc4)cccc23)cc1. The summed E-state index contributed by atoms with van der Waals surface area (Å²) in [5.74, 6) is 0.810. The van der Waals surface area contributed by atoms with Gasteiger partial charge in [-0.3, -0.25) is 0 Å². The molecule has 0 radical (unpaired) electrons. The second kappa shape index (κ2) is 7.88. The molecule has 1 fully saturated rings. The smallest absolute Gasteiger partial charge is 0.416 e. The third kappa shape index (κ3) is 3.71. The van der Waals surface area contributed by atoms with Crippen LogP contribution in [0, 0.1) is 0 Å². The van der Waals surface area contributed by atoms with Gasteiger partial charge in [0.25, 0.3) is 0 Å². The lowest BCUT2D eigenvalue weighted by atomic mass is 9.93. The number of benzene rings is 3. The molecule has 3 aromatic carbocycles. The number of alkyl halides is 3. The molecule has 4 nitrogen and oxygen atoms in total. The monoisotopic (exact) mass is 473 g/mol. The van der Waals surface area contributed by atoms with Crippen LogP contribution in [0.3, 0.4) is 0 Å². The van der Waals surface area contributed by atoms with Gasteiger partial charge in [0, 0.05) is 6.54 Å². The van der Waals surface area contributed by atoms with Crippen molar-refractivity contribution < 1.29 is 26.3 Å². The molecular formula is C25H22F3NO3S. The Hall–Kier alpha value is -2.84. The molecule has 5 rings (SSSR count). The number of halogens is 3. The first-order valence-electron chi connectivity index (χ1n) is 10.7. The van der Waals surface area contributed by atoms with Gasteiger partial charge in [0.05, 0.1) is 23.6 Å². The van der Waals surface area contributed by atoms with E-state index >= 15 is 0 Å². The molecular weight excluding hydrogens is 451 g/mol. The van der Waals surface area contributed by atoms with Crippen LogP contribution in [0.15, 0.2) is 71.6 Å². The molecule has 1 aliphatic carbocycles. The predicted molar refractivity (Wildman–Crippen MR) is 118 cm³/mol. The Morgan fingerprint density at radius 3 is 2.30 bits per heavy atom. The number of ether oxygens (including phenoxy) is 1. The average Bonchev–Trinajstić information content (AvgIpc) is 3.10. The predicted octanol–water partition coefficient (Wildman–Crippen LogP) is 6.00. The summed E-state index contributed by atoms with van der Waals surface area (Å²) in [7, 11) is -2.24. The molecule has 3 aromatic rings. The lowest BCUT2D eigenvalue weighted by Crippen LogP contribution is -2.37. The first-order chi connectivity index (χ1) is 15.7. The zero-order chi connectivity index (χ0) is 23.4. The van der Waals surface area contributed by atoms with Crippen LogP contribution in [0.1, 0.15) is 41.5 Å². The van der Waals surface area contributed by atoms with E-state index in [1.807, 2.05) is 18.2 Å². The van der Waals surface area contributed by atoms with E-state index in [2.05, 4.69) is 0 Å². The van der Waals surface area contributed by atoms with Crippen LogP contribution in [0.4, 0.5) is 13.2 Å². The van der Waals surface area contributed by atoms with Crippen LogP contribution in [0.2, 0.25) is 0 Å². The number of piperidine rings is 1. The summed E-state index contributed by atoms with van der Waals surface area (Å²) in [6, 6.07) is 16.8. The fourth-order valence-electron chi connectivity index (χ4n) is 5.06. The molecule has 0 saturated carbocycles. The van der Waals surface area contributed by atoms with Gasteiger partial charge in [0.2, 0.25) is 10.0 Å². The van der Waals surface area contributed by atoms with Crippen LogP contribution >= 0.6 is 0 Å². The van der Waals surface area contributed by atoms with Gasteiger partial charge in [-0.25, -0.2) is 8.42 Å². The number of rotatable bonds is 4. The highest BCUT2D eigenvalue weighted by molar-refractivity contribution is 7.89. The van der Waals surface area contributed by atoms with E-state index in [-0.39, 0.29) is 16.9 Å². The Kier molecular flexibility index (Phi) is 5.25. The minimum Gasteiger partial charge on any atom is -0.497 e. The summed E-state index contributed by atoms with van der Waals surface area (Å²) in [4.78, 5) is 0.196. The molecule has 33 heavy (non-hydrogen) atoms. The van der Waals surface area contributed by atoms with Crippen molar-refractivity contribution in [3.8, 4) is 16.9 Å². The summed E-state index contributed by atoms with van der Waals surface area (Å²) in [5, 5.41) is 0. The Morgan fingerprint density at radius 1 is 0.970 bits per heavy atom. The first kappa shape index (κ1) is 22.0. The topological polar surface area (TPSA) is 46.6 Å². The van der Waals surface area contributed by atoms with Crippen molar-refractivity contribution in [3.63, 3.8) is 0 Å². The number of methoxy groups -OCH3 is 1. The molecule has 0 amide bonds. The normalized spacial score (nSPS) is 20.5. The van der Waals surface area contributed by atoms with Crippen molar-refractivity contribution in [3.05, 3.63) is 83.4 Å². The van der Waals surface area contributed by atoms with E-state index in [9.17, 15) is 21.6 Å². The van der Waals surface area contributed by atoms with E-state index < -0.39 is 21.8 Å². The van der Waals surface area contributed by atoms with E-state index in [4.69, 9.17) is 4.74 Å². The molecule has 1 heterocycles. The zero-order valence-electron chi connectivity index (χ0n) is 17.8. The van der Waals surface area contributed by atoms with Crippen molar-refractivity contribution in [1.82, 2.24) is 4.31 Å². The maximum absolute atomic E-state index is 13.5. The zero-order valence-corrected chi connectivity index (χ0v) is 18.7. The molecule has 1 aliphatic heterocycles. The molecule has 0 N–H and O–H groups in total. The highest BCUT2D eigenvalue weighted by Gasteiger charge is 2.45. The number of nitrogens with zero attached hydrogens (tertiary/aromatic N) is 1. The largest absolute Gasteiger partial charge is 0.497 e. The van der Waals surface area contributed by atoms with Gasteiger partial charge in [-0.2, -0.15) is 17.5 Å². The first-order valence-corrected chi connectivity index (χ1v) is 12.1. The number of hydrogen-bond acceptors (Lipinski definition) is 3. The molecule has 2 aliphatic rings. The number of hydrogen-bond donors (Lipinski definition) is 0. The van der Waals surface area contributed by atoms with Gasteiger partial charge < -0.3 is 4.74 Å². The average molecular weight is 474 g/mol. The summed E-state index contributed by atoms with van der Waals surface area (Å²) >= 11 is 0.